The highest BCUT2D eigenvalue weighted by atomic mass is 79.9. The van der Waals surface area contributed by atoms with Gasteiger partial charge in [0.2, 0.25) is 0 Å². The lowest BCUT2D eigenvalue weighted by Crippen LogP contribution is -2.22. The maximum Gasteiger partial charge on any atom is 0.148 e. The molecule has 0 aliphatic rings. The van der Waals surface area contributed by atoms with Gasteiger partial charge in [-0.05, 0) is 53.2 Å². The summed E-state index contributed by atoms with van der Waals surface area (Å²) in [5.74, 6) is 1.74. The van der Waals surface area contributed by atoms with Crippen molar-refractivity contribution in [3.05, 3.63) is 58.7 Å². The number of rotatable bonds is 5. The highest BCUT2D eigenvalue weighted by molar-refractivity contribution is 9.10. The topological polar surface area (TPSA) is 38.3 Å². The normalized spacial score (nSPS) is 12.9. The van der Waals surface area contributed by atoms with Crippen LogP contribution in [-0.4, -0.2) is 6.54 Å². The predicted octanol–water partition coefficient (Wildman–Crippen LogP) is 4.88. The molecule has 4 heteroatoms. The van der Waals surface area contributed by atoms with Crippen LogP contribution in [0, 0.1) is 0 Å². The van der Waals surface area contributed by atoms with Crippen molar-refractivity contribution in [2.24, 2.45) is 0 Å². The molecule has 0 fully saturated rings. The van der Waals surface area contributed by atoms with E-state index in [4.69, 9.17) is 8.83 Å². The first kappa shape index (κ1) is 13.5. The zero-order chi connectivity index (χ0) is 13.9. The molecular formula is C16H16BrNO2. The van der Waals surface area contributed by atoms with Gasteiger partial charge in [0.05, 0.1) is 10.7 Å². The highest BCUT2D eigenvalue weighted by Crippen LogP contribution is 2.32. The van der Waals surface area contributed by atoms with Gasteiger partial charge in [-0.25, -0.2) is 0 Å². The molecule has 0 spiro atoms. The van der Waals surface area contributed by atoms with E-state index in [9.17, 15) is 0 Å². The van der Waals surface area contributed by atoms with Gasteiger partial charge in [-0.2, -0.15) is 0 Å². The van der Waals surface area contributed by atoms with Gasteiger partial charge in [0.1, 0.15) is 23.1 Å². The van der Waals surface area contributed by atoms with Crippen LogP contribution in [0.5, 0.6) is 0 Å². The highest BCUT2D eigenvalue weighted by Gasteiger charge is 2.20. The third-order valence-corrected chi connectivity index (χ3v) is 3.85. The average Bonchev–Trinajstić information content (AvgIpc) is 3.09. The van der Waals surface area contributed by atoms with Crippen LogP contribution in [-0.2, 0) is 0 Å². The van der Waals surface area contributed by atoms with E-state index in [0.29, 0.717) is 0 Å². The number of halogens is 1. The van der Waals surface area contributed by atoms with E-state index in [-0.39, 0.29) is 6.04 Å². The predicted molar refractivity (Wildman–Crippen MR) is 82.8 cm³/mol. The van der Waals surface area contributed by atoms with E-state index in [1.54, 1.807) is 6.26 Å². The molecule has 1 atom stereocenters. The molecule has 0 aliphatic carbocycles. The Bertz CT molecular complexity index is 688. The van der Waals surface area contributed by atoms with Crippen molar-refractivity contribution >= 4 is 26.9 Å². The smallest absolute Gasteiger partial charge is 0.148 e. The lowest BCUT2D eigenvalue weighted by atomic mass is 10.1. The van der Waals surface area contributed by atoms with Gasteiger partial charge in [0.25, 0.3) is 0 Å². The van der Waals surface area contributed by atoms with Crippen molar-refractivity contribution in [2.45, 2.75) is 19.4 Å². The van der Waals surface area contributed by atoms with Gasteiger partial charge in [-0.1, -0.05) is 19.1 Å². The molecular weight excluding hydrogens is 318 g/mol. The Morgan fingerprint density at radius 3 is 2.80 bits per heavy atom. The SMILES string of the molecule is CCCNC(c1ccco1)c1cc2cccc(Br)c2o1. The Hall–Kier alpha value is -1.52. The van der Waals surface area contributed by atoms with Crippen molar-refractivity contribution in [1.82, 2.24) is 5.32 Å². The molecule has 104 valence electrons. The first-order valence-corrected chi connectivity index (χ1v) is 7.53. The molecule has 2 aromatic heterocycles. The zero-order valence-corrected chi connectivity index (χ0v) is 12.8. The minimum Gasteiger partial charge on any atom is -0.467 e. The largest absolute Gasteiger partial charge is 0.467 e. The summed E-state index contributed by atoms with van der Waals surface area (Å²) in [5, 5.41) is 4.55. The number of hydrogen-bond donors (Lipinski definition) is 1. The second-order valence-corrected chi connectivity index (χ2v) is 5.56. The molecule has 3 rings (SSSR count). The fourth-order valence-corrected chi connectivity index (χ4v) is 2.74. The quantitative estimate of drug-likeness (QED) is 0.723. The minimum absolute atomic E-state index is 0.0516. The van der Waals surface area contributed by atoms with Gasteiger partial charge in [-0.15, -0.1) is 0 Å². The molecule has 0 aliphatic heterocycles. The summed E-state index contributed by atoms with van der Waals surface area (Å²) in [4.78, 5) is 0. The number of nitrogens with one attached hydrogen (secondary N) is 1. The fourth-order valence-electron chi connectivity index (χ4n) is 2.28. The first-order chi connectivity index (χ1) is 9.79. The van der Waals surface area contributed by atoms with Crippen LogP contribution in [0.3, 0.4) is 0 Å². The minimum atomic E-state index is -0.0516. The lowest BCUT2D eigenvalue weighted by Gasteiger charge is -2.13. The van der Waals surface area contributed by atoms with Crippen LogP contribution in [0.4, 0.5) is 0 Å². The van der Waals surface area contributed by atoms with E-state index in [1.807, 2.05) is 30.3 Å². The van der Waals surface area contributed by atoms with Crippen molar-refractivity contribution in [3.8, 4) is 0 Å². The molecule has 2 heterocycles. The molecule has 0 bridgehead atoms. The van der Waals surface area contributed by atoms with Gasteiger partial charge < -0.3 is 14.2 Å². The molecule has 1 N–H and O–H groups in total. The van der Waals surface area contributed by atoms with Crippen molar-refractivity contribution in [3.63, 3.8) is 0 Å². The van der Waals surface area contributed by atoms with Gasteiger partial charge >= 0.3 is 0 Å². The molecule has 0 saturated heterocycles. The second kappa shape index (κ2) is 5.85. The van der Waals surface area contributed by atoms with E-state index >= 15 is 0 Å². The maximum absolute atomic E-state index is 6.01. The third-order valence-electron chi connectivity index (χ3n) is 3.23. The number of para-hydroxylation sites is 1. The molecule has 20 heavy (non-hydrogen) atoms. The number of fused-ring (bicyclic) bond motifs is 1. The summed E-state index contributed by atoms with van der Waals surface area (Å²) in [6.45, 7) is 3.05. The summed E-state index contributed by atoms with van der Waals surface area (Å²) in [7, 11) is 0. The van der Waals surface area contributed by atoms with Crippen LogP contribution < -0.4 is 5.32 Å². The van der Waals surface area contributed by atoms with Gasteiger partial charge in [-0.3, -0.25) is 0 Å². The average molecular weight is 334 g/mol. The molecule has 3 aromatic rings. The molecule has 1 unspecified atom stereocenters. The van der Waals surface area contributed by atoms with E-state index in [0.717, 1.165) is 39.9 Å². The van der Waals surface area contributed by atoms with Crippen LogP contribution in [0.15, 0.2) is 56.0 Å². The Labute approximate surface area is 126 Å². The monoisotopic (exact) mass is 333 g/mol. The summed E-state index contributed by atoms with van der Waals surface area (Å²) < 4.78 is 12.5. The standard InChI is InChI=1S/C16H16BrNO2/c1-2-8-18-15(13-7-4-9-19-13)14-10-11-5-3-6-12(17)16(11)20-14/h3-7,9-10,15,18H,2,8H2,1H3. The molecule has 3 nitrogen and oxygen atoms in total. The summed E-state index contributed by atoms with van der Waals surface area (Å²) in [5.41, 5.74) is 0.873. The van der Waals surface area contributed by atoms with Gasteiger partial charge in [0, 0.05) is 5.39 Å². The van der Waals surface area contributed by atoms with Crippen LogP contribution in [0.1, 0.15) is 30.9 Å². The van der Waals surface area contributed by atoms with E-state index in [2.05, 4.69) is 34.2 Å². The Balaban J connectivity index is 2.02. The number of furan rings is 2. The lowest BCUT2D eigenvalue weighted by molar-refractivity contribution is 0.399. The number of hydrogen-bond acceptors (Lipinski definition) is 3. The Morgan fingerprint density at radius 1 is 1.20 bits per heavy atom. The molecule has 0 saturated carbocycles. The number of benzene rings is 1. The Kier molecular flexibility index (Phi) is 3.94. The van der Waals surface area contributed by atoms with Gasteiger partial charge in [0.15, 0.2) is 0 Å². The fraction of sp³-hybridized carbons (Fsp3) is 0.250. The Morgan fingerprint density at radius 2 is 2.10 bits per heavy atom. The van der Waals surface area contributed by atoms with Crippen molar-refractivity contribution in [1.29, 1.82) is 0 Å². The van der Waals surface area contributed by atoms with E-state index in [1.165, 1.54) is 0 Å². The van der Waals surface area contributed by atoms with Crippen molar-refractivity contribution in [2.75, 3.05) is 6.54 Å². The summed E-state index contributed by atoms with van der Waals surface area (Å²) in [6, 6.07) is 11.9. The first-order valence-electron chi connectivity index (χ1n) is 6.74. The zero-order valence-electron chi connectivity index (χ0n) is 11.2. The molecule has 0 radical (unpaired) electrons. The van der Waals surface area contributed by atoms with E-state index < -0.39 is 0 Å². The summed E-state index contributed by atoms with van der Waals surface area (Å²) >= 11 is 3.52. The van der Waals surface area contributed by atoms with Crippen LogP contribution >= 0.6 is 15.9 Å². The molecule has 0 amide bonds. The molecule has 1 aromatic carbocycles. The maximum atomic E-state index is 6.01. The van der Waals surface area contributed by atoms with Crippen molar-refractivity contribution < 1.29 is 8.83 Å². The summed E-state index contributed by atoms with van der Waals surface area (Å²) in [6.07, 6.45) is 2.75. The second-order valence-electron chi connectivity index (χ2n) is 4.71. The van der Waals surface area contributed by atoms with Crippen LogP contribution in [0.25, 0.3) is 11.0 Å². The third kappa shape index (κ3) is 2.53. The van der Waals surface area contributed by atoms with Crippen LogP contribution in [0.2, 0.25) is 0 Å².